The number of carbonyl (C=O) groups is 1. The summed E-state index contributed by atoms with van der Waals surface area (Å²) in [5, 5.41) is 3.57. The second-order valence-corrected chi connectivity index (χ2v) is 7.07. The average Bonchev–Trinajstić information content (AvgIpc) is 2.46. The predicted octanol–water partition coefficient (Wildman–Crippen LogP) is 2.61. The minimum Gasteiger partial charge on any atom is -0.469 e. The molecular weight excluding hydrogens is 288 g/mol. The Balaban J connectivity index is 0.00000220. The molecule has 0 aromatic carbocycles. The SMILES string of the molecule is COC(=O)C(C)(C)CCN1CCNCC12CCCCC2.Cl. The Hall–Kier alpha value is -0.320. The molecule has 1 aliphatic heterocycles. The summed E-state index contributed by atoms with van der Waals surface area (Å²) >= 11 is 0. The summed E-state index contributed by atoms with van der Waals surface area (Å²) in [7, 11) is 1.48. The molecule has 0 bridgehead atoms. The van der Waals surface area contributed by atoms with Gasteiger partial charge in [-0.25, -0.2) is 0 Å². The van der Waals surface area contributed by atoms with Crippen molar-refractivity contribution in [2.75, 3.05) is 33.3 Å². The first-order valence-electron chi connectivity index (χ1n) is 8.04. The summed E-state index contributed by atoms with van der Waals surface area (Å²) in [5.41, 5.74) is -0.0296. The van der Waals surface area contributed by atoms with Gasteiger partial charge in [0, 0.05) is 25.2 Å². The molecule has 21 heavy (non-hydrogen) atoms. The maximum atomic E-state index is 11.8. The van der Waals surface area contributed by atoms with Gasteiger partial charge in [0.05, 0.1) is 12.5 Å². The van der Waals surface area contributed by atoms with Gasteiger partial charge in [-0.3, -0.25) is 9.69 Å². The van der Waals surface area contributed by atoms with Gasteiger partial charge in [-0.15, -0.1) is 12.4 Å². The van der Waals surface area contributed by atoms with Gasteiger partial charge in [0.25, 0.3) is 0 Å². The fraction of sp³-hybridized carbons (Fsp3) is 0.938. The fourth-order valence-corrected chi connectivity index (χ4v) is 3.73. The first-order chi connectivity index (χ1) is 9.50. The maximum absolute atomic E-state index is 11.8. The highest BCUT2D eigenvalue weighted by Gasteiger charge is 2.40. The first-order valence-corrected chi connectivity index (χ1v) is 8.04. The highest BCUT2D eigenvalue weighted by Crippen LogP contribution is 2.35. The lowest BCUT2D eigenvalue weighted by Gasteiger charge is -2.50. The number of rotatable bonds is 4. The molecule has 124 valence electrons. The van der Waals surface area contributed by atoms with Crippen LogP contribution in [0.15, 0.2) is 0 Å². The molecule has 0 amide bonds. The molecule has 0 atom stereocenters. The molecule has 1 saturated carbocycles. The lowest BCUT2D eigenvalue weighted by atomic mass is 9.78. The van der Waals surface area contributed by atoms with Crippen LogP contribution in [0, 0.1) is 5.41 Å². The van der Waals surface area contributed by atoms with Crippen LogP contribution in [0.2, 0.25) is 0 Å². The van der Waals surface area contributed by atoms with E-state index in [1.165, 1.54) is 39.2 Å². The lowest BCUT2D eigenvalue weighted by Crippen LogP contribution is -2.62. The van der Waals surface area contributed by atoms with E-state index in [4.69, 9.17) is 4.74 Å². The molecule has 1 spiro atoms. The number of halogens is 1. The molecule has 1 N–H and O–H groups in total. The van der Waals surface area contributed by atoms with E-state index in [2.05, 4.69) is 10.2 Å². The standard InChI is InChI=1S/C16H30N2O2.ClH/c1-15(2,14(19)20-3)9-11-18-12-10-17-13-16(18)7-5-4-6-8-16;/h17H,4-13H2,1-3H3;1H. The van der Waals surface area contributed by atoms with Crippen LogP contribution >= 0.6 is 12.4 Å². The van der Waals surface area contributed by atoms with E-state index in [9.17, 15) is 4.79 Å². The van der Waals surface area contributed by atoms with Crippen molar-refractivity contribution in [2.24, 2.45) is 5.41 Å². The van der Waals surface area contributed by atoms with Gasteiger partial charge in [0.15, 0.2) is 0 Å². The van der Waals surface area contributed by atoms with Crippen molar-refractivity contribution >= 4 is 18.4 Å². The van der Waals surface area contributed by atoms with Gasteiger partial charge >= 0.3 is 5.97 Å². The van der Waals surface area contributed by atoms with E-state index in [-0.39, 0.29) is 23.8 Å². The monoisotopic (exact) mass is 318 g/mol. The zero-order valence-corrected chi connectivity index (χ0v) is 14.6. The van der Waals surface area contributed by atoms with Crippen molar-refractivity contribution in [3.8, 4) is 0 Å². The number of nitrogens with zero attached hydrogens (tertiary/aromatic N) is 1. The molecule has 1 heterocycles. The zero-order chi connectivity index (χ0) is 14.6. The minimum absolute atomic E-state index is 0. The predicted molar refractivity (Wildman–Crippen MR) is 87.9 cm³/mol. The number of piperazine rings is 1. The largest absolute Gasteiger partial charge is 0.469 e. The second-order valence-electron chi connectivity index (χ2n) is 7.07. The summed E-state index contributed by atoms with van der Waals surface area (Å²) < 4.78 is 4.92. The van der Waals surface area contributed by atoms with Gasteiger partial charge < -0.3 is 10.1 Å². The molecule has 5 heteroatoms. The average molecular weight is 319 g/mol. The molecular formula is C16H31ClN2O2. The van der Waals surface area contributed by atoms with Gasteiger partial charge in [0.1, 0.15) is 0 Å². The molecule has 2 rings (SSSR count). The number of nitrogens with one attached hydrogen (secondary N) is 1. The molecule has 0 radical (unpaired) electrons. The Morgan fingerprint density at radius 2 is 1.95 bits per heavy atom. The smallest absolute Gasteiger partial charge is 0.311 e. The Labute approximate surface area is 135 Å². The number of carbonyl (C=O) groups excluding carboxylic acids is 1. The van der Waals surface area contributed by atoms with Crippen LogP contribution < -0.4 is 5.32 Å². The summed E-state index contributed by atoms with van der Waals surface area (Å²) in [6, 6.07) is 0. The lowest BCUT2D eigenvalue weighted by molar-refractivity contribution is -0.151. The highest BCUT2D eigenvalue weighted by molar-refractivity contribution is 5.85. The number of ether oxygens (including phenoxy) is 1. The van der Waals surface area contributed by atoms with Crippen molar-refractivity contribution in [3.63, 3.8) is 0 Å². The second kappa shape index (κ2) is 7.80. The van der Waals surface area contributed by atoms with Crippen LogP contribution in [0.4, 0.5) is 0 Å². The first kappa shape index (κ1) is 18.7. The number of hydrogen-bond donors (Lipinski definition) is 1. The van der Waals surface area contributed by atoms with Crippen molar-refractivity contribution in [3.05, 3.63) is 0 Å². The van der Waals surface area contributed by atoms with Gasteiger partial charge in [0.2, 0.25) is 0 Å². The third-order valence-corrected chi connectivity index (χ3v) is 5.21. The van der Waals surface area contributed by atoms with Crippen LogP contribution in [0.1, 0.15) is 52.4 Å². The van der Waals surface area contributed by atoms with E-state index in [0.29, 0.717) is 5.54 Å². The quantitative estimate of drug-likeness (QED) is 0.809. The van der Waals surface area contributed by atoms with Gasteiger partial charge in [-0.05, 0) is 39.7 Å². The van der Waals surface area contributed by atoms with Crippen LogP contribution in [-0.2, 0) is 9.53 Å². The normalized spacial score (nSPS) is 22.6. The highest BCUT2D eigenvalue weighted by atomic mass is 35.5. The van der Waals surface area contributed by atoms with E-state index < -0.39 is 0 Å². The third-order valence-electron chi connectivity index (χ3n) is 5.21. The molecule has 2 aliphatic rings. The number of methoxy groups -OCH3 is 1. The summed E-state index contributed by atoms with van der Waals surface area (Å²) in [6.45, 7) is 8.29. The van der Waals surface area contributed by atoms with Crippen LogP contribution in [0.25, 0.3) is 0 Å². The Kier molecular flexibility index (Phi) is 6.95. The van der Waals surface area contributed by atoms with Gasteiger partial charge in [-0.2, -0.15) is 0 Å². The topological polar surface area (TPSA) is 41.6 Å². The Bertz CT molecular complexity index is 333. The minimum atomic E-state index is -0.379. The van der Waals surface area contributed by atoms with Gasteiger partial charge in [-0.1, -0.05) is 19.3 Å². The summed E-state index contributed by atoms with van der Waals surface area (Å²) in [6.07, 6.45) is 7.55. The van der Waals surface area contributed by atoms with Crippen molar-refractivity contribution < 1.29 is 9.53 Å². The maximum Gasteiger partial charge on any atom is 0.311 e. The summed E-state index contributed by atoms with van der Waals surface area (Å²) in [5.74, 6) is -0.0923. The van der Waals surface area contributed by atoms with E-state index >= 15 is 0 Å². The molecule has 0 unspecified atom stereocenters. The van der Waals surface area contributed by atoms with Crippen molar-refractivity contribution in [2.45, 2.75) is 57.9 Å². The van der Waals surface area contributed by atoms with E-state index in [0.717, 1.165) is 32.6 Å². The molecule has 0 aromatic rings. The zero-order valence-electron chi connectivity index (χ0n) is 13.7. The van der Waals surface area contributed by atoms with E-state index in [1.54, 1.807) is 0 Å². The third kappa shape index (κ3) is 4.33. The van der Waals surface area contributed by atoms with Crippen LogP contribution in [0.3, 0.4) is 0 Å². The molecule has 1 aliphatic carbocycles. The van der Waals surface area contributed by atoms with Crippen LogP contribution in [0.5, 0.6) is 0 Å². The molecule has 4 nitrogen and oxygen atoms in total. The summed E-state index contributed by atoms with van der Waals surface area (Å²) in [4.78, 5) is 14.5. The Morgan fingerprint density at radius 3 is 2.57 bits per heavy atom. The number of esters is 1. The fourth-order valence-electron chi connectivity index (χ4n) is 3.73. The molecule has 1 saturated heterocycles. The Morgan fingerprint density at radius 1 is 1.29 bits per heavy atom. The molecule has 2 fully saturated rings. The van der Waals surface area contributed by atoms with Crippen molar-refractivity contribution in [1.29, 1.82) is 0 Å². The van der Waals surface area contributed by atoms with Crippen LogP contribution in [-0.4, -0.2) is 49.7 Å². The number of hydrogen-bond acceptors (Lipinski definition) is 4. The van der Waals surface area contributed by atoms with E-state index in [1.807, 2.05) is 13.8 Å². The van der Waals surface area contributed by atoms with Crippen molar-refractivity contribution in [1.82, 2.24) is 10.2 Å². The molecule has 0 aromatic heterocycles.